The van der Waals surface area contributed by atoms with Crippen LogP contribution in [0.3, 0.4) is 0 Å². The minimum absolute atomic E-state index is 0.605. The van der Waals surface area contributed by atoms with Crippen LogP contribution >= 0.6 is 0 Å². The Morgan fingerprint density at radius 3 is 1.11 bits per heavy atom. The molecule has 0 aromatic rings. The van der Waals surface area contributed by atoms with E-state index >= 15 is 0 Å². The first-order chi connectivity index (χ1) is 9.07. The fraction of sp³-hybridized carbons (Fsp3) is 1.00. The Morgan fingerprint density at radius 2 is 0.947 bits per heavy atom. The highest BCUT2D eigenvalue weighted by Gasteiger charge is 2.41. The summed E-state index contributed by atoms with van der Waals surface area (Å²) in [6.07, 6.45) is 0. The Labute approximate surface area is 122 Å². The molecule has 0 heterocycles. The van der Waals surface area contributed by atoms with Crippen LogP contribution in [0.2, 0.25) is 13.1 Å². The Hall–Kier alpha value is 0.234. The molecule has 5 nitrogen and oxygen atoms in total. The lowest BCUT2D eigenvalue weighted by molar-refractivity contribution is -0.278. The summed E-state index contributed by atoms with van der Waals surface area (Å²) in [6.45, 7) is 14.7. The molecule has 0 radical (unpaired) electrons. The van der Waals surface area contributed by atoms with Crippen molar-refractivity contribution in [3.05, 3.63) is 0 Å². The number of hydrogen-bond acceptors (Lipinski definition) is 5. The predicted molar refractivity (Wildman–Crippen MR) is 83.9 cm³/mol. The smallest absolute Gasteiger partial charge is 0.201 e. The molecule has 0 aliphatic heterocycles. The fourth-order valence-corrected chi connectivity index (χ4v) is 4.81. The van der Waals surface area contributed by atoms with E-state index in [4.69, 9.17) is 18.9 Å². The van der Waals surface area contributed by atoms with Gasteiger partial charge in [-0.15, -0.1) is 0 Å². The van der Waals surface area contributed by atoms with Gasteiger partial charge in [0.25, 0.3) is 0 Å². The zero-order chi connectivity index (χ0) is 14.8. The lowest BCUT2D eigenvalue weighted by Crippen LogP contribution is -2.67. The van der Waals surface area contributed by atoms with Crippen LogP contribution in [0.1, 0.15) is 27.7 Å². The Balaban J connectivity index is 5.08. The van der Waals surface area contributed by atoms with Crippen LogP contribution < -0.4 is 5.32 Å². The first-order valence-electron chi connectivity index (χ1n) is 7.42. The van der Waals surface area contributed by atoms with Gasteiger partial charge in [0.15, 0.2) is 0 Å². The number of hydrogen-bond donors (Lipinski definition) is 1. The molecule has 0 atom stereocenters. The highest BCUT2D eigenvalue weighted by molar-refractivity contribution is 6.39. The van der Waals surface area contributed by atoms with Gasteiger partial charge in [0.2, 0.25) is 11.1 Å². The molecule has 0 aliphatic carbocycles. The average molecular weight is 310 g/mol. The summed E-state index contributed by atoms with van der Waals surface area (Å²) in [6, 6.07) is 0. The van der Waals surface area contributed by atoms with Gasteiger partial charge in [-0.2, -0.15) is 0 Å². The van der Waals surface area contributed by atoms with Crippen LogP contribution in [0.4, 0.5) is 0 Å². The lowest BCUT2D eigenvalue weighted by Gasteiger charge is -2.43. The topological polar surface area (TPSA) is 49.0 Å². The highest BCUT2D eigenvalue weighted by Crippen LogP contribution is 2.17. The van der Waals surface area contributed by atoms with Crippen LogP contribution in [0.15, 0.2) is 0 Å². The van der Waals surface area contributed by atoms with E-state index in [1.807, 2.05) is 27.7 Å². The van der Waals surface area contributed by atoms with Crippen molar-refractivity contribution in [2.24, 2.45) is 0 Å². The van der Waals surface area contributed by atoms with Gasteiger partial charge in [-0.25, -0.2) is 5.32 Å². The Bertz CT molecular complexity index is 198. The van der Waals surface area contributed by atoms with Gasteiger partial charge in [-0.3, -0.25) is 0 Å². The third-order valence-corrected chi connectivity index (χ3v) is 5.85. The van der Waals surface area contributed by atoms with E-state index in [1.165, 1.54) is 0 Å². The van der Waals surface area contributed by atoms with Crippen molar-refractivity contribution in [2.75, 3.05) is 26.4 Å². The van der Waals surface area contributed by atoms with E-state index in [0.717, 1.165) is 0 Å². The third kappa shape index (κ3) is 6.03. The minimum Gasteiger partial charge on any atom is -0.342 e. The van der Waals surface area contributed by atoms with Crippen molar-refractivity contribution in [1.82, 2.24) is 5.32 Å². The van der Waals surface area contributed by atoms with Crippen LogP contribution in [0.5, 0.6) is 0 Å². The first-order valence-corrected chi connectivity index (χ1v) is 11.7. The van der Waals surface area contributed by atoms with Crippen LogP contribution in [-0.2, 0) is 18.9 Å². The molecule has 0 amide bonds. The number of ether oxygens (including phenoxy) is 4. The average Bonchev–Trinajstić information content (AvgIpc) is 2.39. The van der Waals surface area contributed by atoms with Crippen molar-refractivity contribution in [2.45, 2.75) is 51.9 Å². The maximum atomic E-state index is 5.86. The quantitative estimate of drug-likeness (QED) is 0.417. The lowest BCUT2D eigenvalue weighted by atomic mass is 10.7. The molecule has 0 spiro atoms. The van der Waals surface area contributed by atoms with Gasteiger partial charge in [-0.1, -0.05) is 13.1 Å². The fourth-order valence-electron chi connectivity index (χ4n) is 2.04. The molecule has 7 heteroatoms. The summed E-state index contributed by atoms with van der Waals surface area (Å²) >= 11 is 0. The summed E-state index contributed by atoms with van der Waals surface area (Å²) in [7, 11) is -1.23. The monoisotopic (exact) mass is 309 g/mol. The second kappa shape index (κ2) is 10.0. The molecule has 0 rings (SSSR count). The van der Waals surface area contributed by atoms with Gasteiger partial charge in [0.05, 0.1) is 0 Å². The SMILES string of the molecule is CCOC(NC(OCC)(OCC)[SiH2]C)(OCC)[SiH2]C. The van der Waals surface area contributed by atoms with Crippen molar-refractivity contribution in [3.63, 3.8) is 0 Å². The normalized spacial score (nSPS) is 14.2. The van der Waals surface area contributed by atoms with Gasteiger partial charge in [0, 0.05) is 26.4 Å². The summed E-state index contributed by atoms with van der Waals surface area (Å²) in [4.78, 5) is 0. The molecule has 1 N–H and O–H groups in total. The summed E-state index contributed by atoms with van der Waals surface area (Å²) < 4.78 is 23.4. The summed E-state index contributed by atoms with van der Waals surface area (Å²) in [5.74, 6) is 0. The van der Waals surface area contributed by atoms with E-state index in [-0.39, 0.29) is 0 Å². The maximum Gasteiger partial charge on any atom is 0.201 e. The molecule has 0 aromatic carbocycles. The van der Waals surface area contributed by atoms with Crippen LogP contribution in [-0.4, -0.2) is 56.5 Å². The third-order valence-electron chi connectivity index (χ3n) is 2.82. The van der Waals surface area contributed by atoms with Gasteiger partial charge in [0.1, 0.15) is 19.0 Å². The molecule has 0 fully saturated rings. The minimum atomic E-state index is -0.698. The molecular weight excluding hydrogens is 278 g/mol. The molecule has 0 aliphatic rings. The van der Waals surface area contributed by atoms with E-state index in [2.05, 4.69) is 18.4 Å². The van der Waals surface area contributed by atoms with Crippen LogP contribution in [0, 0.1) is 0 Å². The molecule has 0 unspecified atom stereocenters. The Kier molecular flexibility index (Phi) is 10.2. The standard InChI is InChI=1S/C12H31NO4Si2/c1-7-14-11(18-5,15-8-2)13-12(19-6,16-9-3)17-10-4/h13H,7-10,18-19H2,1-6H3. The zero-order valence-corrected chi connectivity index (χ0v) is 16.2. The number of nitrogens with one attached hydrogen (secondary N) is 1. The number of rotatable bonds is 12. The molecule has 0 saturated carbocycles. The van der Waals surface area contributed by atoms with Crippen molar-refractivity contribution < 1.29 is 18.9 Å². The zero-order valence-electron chi connectivity index (χ0n) is 13.4. The summed E-state index contributed by atoms with van der Waals surface area (Å²) in [5.41, 5.74) is -1.40. The molecule has 0 aromatic heterocycles. The van der Waals surface area contributed by atoms with E-state index in [9.17, 15) is 0 Å². The largest absolute Gasteiger partial charge is 0.342 e. The highest BCUT2D eigenvalue weighted by atomic mass is 28.2. The summed E-state index contributed by atoms with van der Waals surface area (Å²) in [5, 5.41) is 3.42. The van der Waals surface area contributed by atoms with Crippen molar-refractivity contribution >= 4 is 19.0 Å². The van der Waals surface area contributed by atoms with Crippen molar-refractivity contribution in [1.29, 1.82) is 0 Å². The van der Waals surface area contributed by atoms with E-state index in [1.54, 1.807) is 0 Å². The predicted octanol–water partition coefficient (Wildman–Crippen LogP) is 0.378. The van der Waals surface area contributed by atoms with Crippen molar-refractivity contribution in [3.8, 4) is 0 Å². The van der Waals surface area contributed by atoms with E-state index in [0.29, 0.717) is 26.4 Å². The first kappa shape index (κ1) is 19.2. The molecular formula is C12H31NO4Si2. The maximum absolute atomic E-state index is 5.86. The molecule has 19 heavy (non-hydrogen) atoms. The second-order valence-electron chi connectivity index (χ2n) is 4.07. The van der Waals surface area contributed by atoms with Gasteiger partial charge < -0.3 is 18.9 Å². The molecule has 0 bridgehead atoms. The van der Waals surface area contributed by atoms with Gasteiger partial charge >= 0.3 is 0 Å². The molecule has 0 saturated heterocycles. The molecule has 116 valence electrons. The van der Waals surface area contributed by atoms with Gasteiger partial charge in [-0.05, 0) is 27.7 Å². The van der Waals surface area contributed by atoms with Crippen LogP contribution in [0.25, 0.3) is 0 Å². The Morgan fingerprint density at radius 1 is 0.684 bits per heavy atom. The second-order valence-corrected chi connectivity index (χ2v) is 7.35. The van der Waals surface area contributed by atoms with E-state index < -0.39 is 30.1 Å².